The predicted octanol–water partition coefficient (Wildman–Crippen LogP) is 3.04. The Morgan fingerprint density at radius 1 is 1.09 bits per heavy atom. The minimum Gasteiger partial charge on any atom is -0.486 e. The molecule has 4 N–H and O–H groups in total. The molecule has 0 fully saturated rings. The summed E-state index contributed by atoms with van der Waals surface area (Å²) in [6.07, 6.45) is 1.27. The van der Waals surface area contributed by atoms with Gasteiger partial charge in [-0.15, -0.1) is 0 Å². The molecule has 1 aliphatic rings. The Morgan fingerprint density at radius 3 is 2.73 bits per heavy atom. The number of benzene rings is 2. The highest BCUT2D eigenvalue weighted by atomic mass is 19.1. The number of hydrogen-bond donors (Lipinski definition) is 4. The molecule has 4 aromatic rings. The van der Waals surface area contributed by atoms with E-state index in [2.05, 4.69) is 36.1 Å². The minimum absolute atomic E-state index is 0.0136. The van der Waals surface area contributed by atoms with Gasteiger partial charge in [0.15, 0.2) is 23.1 Å². The van der Waals surface area contributed by atoms with Crippen LogP contribution in [0.3, 0.4) is 0 Å². The van der Waals surface area contributed by atoms with Gasteiger partial charge in [-0.3, -0.25) is 9.89 Å². The number of carbonyl (C=O) groups excluding carboxylic acids is 1. The Balaban J connectivity index is 1.35. The highest BCUT2D eigenvalue weighted by Gasteiger charge is 2.14. The largest absolute Gasteiger partial charge is 0.486 e. The second kappa shape index (κ2) is 8.61. The van der Waals surface area contributed by atoms with Crippen molar-refractivity contribution in [1.82, 2.24) is 25.5 Å². The number of nitrogens with one attached hydrogen (secondary N) is 4. The lowest BCUT2D eigenvalue weighted by Gasteiger charge is -2.19. The van der Waals surface area contributed by atoms with Crippen LogP contribution in [-0.4, -0.2) is 46.3 Å². The molecule has 1 aliphatic heterocycles. The number of carbonyl (C=O) groups is 1. The van der Waals surface area contributed by atoms with Gasteiger partial charge in [-0.05, 0) is 30.3 Å². The minimum atomic E-state index is -0.599. The van der Waals surface area contributed by atoms with Crippen molar-refractivity contribution in [1.29, 1.82) is 0 Å². The van der Waals surface area contributed by atoms with Crippen LogP contribution in [0.5, 0.6) is 11.5 Å². The molecule has 0 spiro atoms. The summed E-state index contributed by atoms with van der Waals surface area (Å²) < 4.78 is 25.4. The maximum atomic E-state index is 14.4. The Kier molecular flexibility index (Phi) is 5.35. The fourth-order valence-corrected chi connectivity index (χ4v) is 3.43. The van der Waals surface area contributed by atoms with Gasteiger partial charge in [-0.2, -0.15) is 10.1 Å². The van der Waals surface area contributed by atoms with Crippen LogP contribution in [0, 0.1) is 5.82 Å². The summed E-state index contributed by atoms with van der Waals surface area (Å²) in [4.78, 5) is 19.9. The highest BCUT2D eigenvalue weighted by Crippen LogP contribution is 2.34. The van der Waals surface area contributed by atoms with E-state index in [1.807, 2.05) is 18.2 Å². The Labute approximate surface area is 187 Å². The maximum absolute atomic E-state index is 14.4. The number of ether oxygens (including phenoxy) is 2. The lowest BCUT2D eigenvalue weighted by molar-refractivity contribution is -0.119. The summed E-state index contributed by atoms with van der Waals surface area (Å²) in [6.45, 7) is 0.954. The summed E-state index contributed by atoms with van der Waals surface area (Å²) in [5.74, 6) is 0.731. The molecule has 0 saturated heterocycles. The molecular formula is C22H20FN7O3. The molecule has 0 atom stereocenters. The normalized spacial score (nSPS) is 12.4. The SMILES string of the molecule is CNC(=O)Cc1n[nH]c2cc(Nc3ncc(F)c(Nc4ccc5c(c4)OCCO5)n3)ccc12. The van der Waals surface area contributed by atoms with Gasteiger partial charge in [-0.1, -0.05) is 0 Å². The fraction of sp³-hybridized carbons (Fsp3) is 0.182. The van der Waals surface area contributed by atoms with E-state index in [0.717, 1.165) is 17.1 Å². The van der Waals surface area contributed by atoms with Crippen molar-refractivity contribution in [3.05, 3.63) is 54.1 Å². The van der Waals surface area contributed by atoms with E-state index in [4.69, 9.17) is 9.47 Å². The standard InChI is InChI=1S/C22H20FN7O3/c1-24-20(31)10-17-14-4-2-12(8-16(14)29-30-17)27-22-25-11-15(23)21(28-22)26-13-3-5-18-19(9-13)33-7-6-32-18/h2-5,8-9,11H,6-7,10H2,1H3,(H,24,31)(H,29,30)(H2,25,26,27,28). The third-order valence-corrected chi connectivity index (χ3v) is 5.05. The van der Waals surface area contributed by atoms with Crippen molar-refractivity contribution in [3.8, 4) is 11.5 Å². The number of likely N-dealkylation sites (N-methyl/N-ethyl adjacent to an activating group) is 1. The molecular weight excluding hydrogens is 429 g/mol. The first-order chi connectivity index (χ1) is 16.1. The monoisotopic (exact) mass is 449 g/mol. The molecule has 33 heavy (non-hydrogen) atoms. The Hall–Kier alpha value is -4.41. The number of aromatic nitrogens is 4. The van der Waals surface area contributed by atoms with Crippen LogP contribution in [0.4, 0.5) is 27.5 Å². The maximum Gasteiger partial charge on any atom is 0.229 e. The van der Waals surface area contributed by atoms with Gasteiger partial charge in [0, 0.05) is 29.9 Å². The summed E-state index contributed by atoms with van der Waals surface area (Å²) in [5.41, 5.74) is 2.68. The van der Waals surface area contributed by atoms with Crippen molar-refractivity contribution < 1.29 is 18.7 Å². The summed E-state index contributed by atoms with van der Waals surface area (Å²) in [7, 11) is 1.58. The zero-order valence-corrected chi connectivity index (χ0v) is 17.6. The Morgan fingerprint density at radius 2 is 1.88 bits per heavy atom. The number of H-pyrrole nitrogens is 1. The van der Waals surface area contributed by atoms with Gasteiger partial charge < -0.3 is 25.4 Å². The third-order valence-electron chi connectivity index (χ3n) is 5.05. The summed E-state index contributed by atoms with van der Waals surface area (Å²) in [6, 6.07) is 10.7. The van der Waals surface area contributed by atoms with E-state index in [1.165, 1.54) is 0 Å². The fourth-order valence-electron chi connectivity index (χ4n) is 3.43. The zero-order chi connectivity index (χ0) is 22.8. The first-order valence-electron chi connectivity index (χ1n) is 10.2. The van der Waals surface area contributed by atoms with E-state index in [1.54, 1.807) is 25.2 Å². The van der Waals surface area contributed by atoms with Crippen LogP contribution < -0.4 is 25.4 Å². The van der Waals surface area contributed by atoms with Crippen LogP contribution in [0.2, 0.25) is 0 Å². The molecule has 0 unspecified atom stereocenters. The van der Waals surface area contributed by atoms with Crippen molar-refractivity contribution in [3.63, 3.8) is 0 Å². The number of halogens is 1. The number of amides is 1. The van der Waals surface area contributed by atoms with Gasteiger partial charge in [-0.25, -0.2) is 9.37 Å². The van der Waals surface area contributed by atoms with Crippen molar-refractivity contribution >= 4 is 40.0 Å². The van der Waals surface area contributed by atoms with E-state index < -0.39 is 5.82 Å². The van der Waals surface area contributed by atoms with Crippen LogP contribution in [0.25, 0.3) is 10.9 Å². The number of anilines is 4. The second-order valence-electron chi connectivity index (χ2n) is 7.28. The van der Waals surface area contributed by atoms with Gasteiger partial charge in [0.05, 0.1) is 23.8 Å². The van der Waals surface area contributed by atoms with Crippen LogP contribution in [-0.2, 0) is 11.2 Å². The van der Waals surface area contributed by atoms with E-state index in [0.29, 0.717) is 41.8 Å². The van der Waals surface area contributed by atoms with Crippen molar-refractivity contribution in [2.45, 2.75) is 6.42 Å². The third kappa shape index (κ3) is 4.33. The molecule has 11 heteroatoms. The van der Waals surface area contributed by atoms with Crippen LogP contribution >= 0.6 is 0 Å². The predicted molar refractivity (Wildman–Crippen MR) is 120 cm³/mol. The topological polar surface area (TPSA) is 126 Å². The molecule has 5 rings (SSSR count). The van der Waals surface area contributed by atoms with Gasteiger partial charge >= 0.3 is 0 Å². The lowest BCUT2D eigenvalue weighted by atomic mass is 10.1. The van der Waals surface area contributed by atoms with Crippen molar-refractivity contribution in [2.24, 2.45) is 0 Å². The number of rotatable bonds is 6. The number of fused-ring (bicyclic) bond motifs is 2. The second-order valence-corrected chi connectivity index (χ2v) is 7.28. The molecule has 3 heterocycles. The van der Waals surface area contributed by atoms with E-state index in [9.17, 15) is 9.18 Å². The smallest absolute Gasteiger partial charge is 0.229 e. The van der Waals surface area contributed by atoms with E-state index >= 15 is 0 Å². The summed E-state index contributed by atoms with van der Waals surface area (Å²) >= 11 is 0. The van der Waals surface area contributed by atoms with Crippen molar-refractivity contribution in [2.75, 3.05) is 30.9 Å². The first kappa shape index (κ1) is 20.5. The lowest BCUT2D eigenvalue weighted by Crippen LogP contribution is -2.20. The first-order valence-corrected chi connectivity index (χ1v) is 10.2. The zero-order valence-electron chi connectivity index (χ0n) is 17.6. The summed E-state index contributed by atoms with van der Waals surface area (Å²) in [5, 5.41) is 16.6. The number of hydrogen-bond acceptors (Lipinski definition) is 8. The molecule has 1 amide bonds. The van der Waals surface area contributed by atoms with Crippen LogP contribution in [0.1, 0.15) is 5.69 Å². The number of aromatic amines is 1. The molecule has 0 bridgehead atoms. The molecule has 10 nitrogen and oxygen atoms in total. The quantitative estimate of drug-likeness (QED) is 0.354. The molecule has 0 aliphatic carbocycles. The van der Waals surface area contributed by atoms with Crippen LogP contribution in [0.15, 0.2) is 42.6 Å². The molecule has 2 aromatic heterocycles. The van der Waals surface area contributed by atoms with Gasteiger partial charge in [0.2, 0.25) is 11.9 Å². The molecule has 168 valence electrons. The van der Waals surface area contributed by atoms with E-state index in [-0.39, 0.29) is 24.1 Å². The molecule has 2 aromatic carbocycles. The van der Waals surface area contributed by atoms with Gasteiger partial charge in [0.1, 0.15) is 13.2 Å². The average Bonchev–Trinajstić information content (AvgIpc) is 3.23. The highest BCUT2D eigenvalue weighted by molar-refractivity contribution is 5.89. The number of nitrogens with zero attached hydrogens (tertiary/aromatic N) is 3. The molecule has 0 saturated carbocycles. The molecule has 0 radical (unpaired) electrons. The Bertz CT molecular complexity index is 1340. The van der Waals surface area contributed by atoms with Gasteiger partial charge in [0.25, 0.3) is 0 Å². The average molecular weight is 449 g/mol.